The fraction of sp³-hybridized carbons (Fsp3) is 0.333. The molecule has 1 N–H and O–H groups in total. The van der Waals surface area contributed by atoms with E-state index in [1.165, 1.54) is 23.8 Å². The molecule has 4 rings (SSSR count). The highest BCUT2D eigenvalue weighted by atomic mass is 32.1. The van der Waals surface area contributed by atoms with Crippen LogP contribution in [0.4, 0.5) is 5.69 Å². The quantitative estimate of drug-likeness (QED) is 0.695. The lowest BCUT2D eigenvalue weighted by Crippen LogP contribution is -2.24. The van der Waals surface area contributed by atoms with Gasteiger partial charge < -0.3 is 14.7 Å². The van der Waals surface area contributed by atoms with Crippen molar-refractivity contribution in [2.24, 2.45) is 0 Å². The van der Waals surface area contributed by atoms with Gasteiger partial charge in [-0.2, -0.15) is 4.98 Å². The topological polar surface area (TPSA) is 88.3 Å². The van der Waals surface area contributed by atoms with Gasteiger partial charge in [0.1, 0.15) is 0 Å². The van der Waals surface area contributed by atoms with E-state index in [4.69, 9.17) is 4.52 Å². The summed E-state index contributed by atoms with van der Waals surface area (Å²) in [6, 6.07) is 9.90. The number of aryl methyl sites for hydroxylation is 2. The van der Waals surface area contributed by atoms with Crippen molar-refractivity contribution in [2.75, 3.05) is 11.4 Å². The van der Waals surface area contributed by atoms with Gasteiger partial charge in [0.25, 0.3) is 0 Å². The van der Waals surface area contributed by atoms with Gasteiger partial charge in [0.2, 0.25) is 23.5 Å². The number of carbonyl (C=O) groups is 2. The lowest BCUT2D eigenvalue weighted by Gasteiger charge is -2.17. The first-order valence-corrected chi connectivity index (χ1v) is 10.3. The number of anilines is 1. The predicted octanol–water partition coefficient (Wildman–Crippen LogP) is 3.57. The molecule has 7 nitrogen and oxygen atoms in total. The number of hydrogen-bond donors (Lipinski definition) is 1. The maximum absolute atomic E-state index is 12.6. The fourth-order valence-corrected chi connectivity index (χ4v) is 4.19. The number of rotatable bonds is 5. The Morgan fingerprint density at radius 2 is 2.10 bits per heavy atom. The van der Waals surface area contributed by atoms with Gasteiger partial charge in [-0.1, -0.05) is 11.2 Å². The minimum Gasteiger partial charge on any atom is -0.351 e. The predicted molar refractivity (Wildman–Crippen MR) is 111 cm³/mol. The summed E-state index contributed by atoms with van der Waals surface area (Å²) in [7, 11) is 0. The third kappa shape index (κ3) is 4.07. The lowest BCUT2D eigenvalue weighted by atomic mass is 10.1. The van der Waals surface area contributed by atoms with E-state index < -0.39 is 0 Å². The van der Waals surface area contributed by atoms with E-state index in [2.05, 4.69) is 22.4 Å². The molecule has 1 aliphatic heterocycles. The Balaban J connectivity index is 1.48. The molecule has 0 unspecified atom stereocenters. The van der Waals surface area contributed by atoms with Gasteiger partial charge in [-0.05, 0) is 49.2 Å². The normalized spacial score (nSPS) is 16.4. The van der Waals surface area contributed by atoms with Gasteiger partial charge in [0, 0.05) is 30.5 Å². The number of nitrogens with zero attached hydrogens (tertiary/aromatic N) is 3. The molecule has 1 fully saturated rings. The molecule has 0 spiro atoms. The van der Waals surface area contributed by atoms with Crippen LogP contribution in [0.5, 0.6) is 0 Å². The highest BCUT2D eigenvalue weighted by Crippen LogP contribution is 2.33. The second-order valence-corrected chi connectivity index (χ2v) is 8.47. The highest BCUT2D eigenvalue weighted by molar-refractivity contribution is 7.15. The first-order valence-electron chi connectivity index (χ1n) is 9.45. The standard InChI is InChI=1S/C21H22N4O3S/c1-12-4-5-16(8-13(12)2)25-11-15(9-19(25)27)21-23-20(24-28-21)18-7-6-17(29-18)10-22-14(3)26/h4-8,15H,9-11H2,1-3H3,(H,22,26)/t15-/m1/s1. The van der Waals surface area contributed by atoms with Gasteiger partial charge in [-0.15, -0.1) is 11.3 Å². The smallest absolute Gasteiger partial charge is 0.232 e. The summed E-state index contributed by atoms with van der Waals surface area (Å²) >= 11 is 1.51. The van der Waals surface area contributed by atoms with E-state index in [0.29, 0.717) is 31.2 Å². The molecule has 150 valence electrons. The summed E-state index contributed by atoms with van der Waals surface area (Å²) in [6.45, 7) is 6.60. The van der Waals surface area contributed by atoms with Gasteiger partial charge in [0.05, 0.1) is 17.3 Å². The second kappa shape index (κ2) is 7.79. The number of nitrogens with one attached hydrogen (secondary N) is 1. The molecular formula is C21H22N4O3S. The van der Waals surface area contributed by atoms with Crippen LogP contribution in [-0.2, 0) is 16.1 Å². The number of amides is 2. The van der Waals surface area contributed by atoms with E-state index in [1.54, 1.807) is 4.90 Å². The van der Waals surface area contributed by atoms with Crippen LogP contribution in [0.25, 0.3) is 10.7 Å². The molecule has 0 bridgehead atoms. The largest absolute Gasteiger partial charge is 0.351 e. The van der Waals surface area contributed by atoms with E-state index >= 15 is 0 Å². The minimum absolute atomic E-state index is 0.0618. The monoisotopic (exact) mass is 410 g/mol. The highest BCUT2D eigenvalue weighted by Gasteiger charge is 2.35. The van der Waals surface area contributed by atoms with Crippen LogP contribution in [0.1, 0.15) is 41.2 Å². The molecule has 1 saturated heterocycles. The van der Waals surface area contributed by atoms with Crippen molar-refractivity contribution < 1.29 is 14.1 Å². The van der Waals surface area contributed by atoms with Crippen molar-refractivity contribution in [3.8, 4) is 10.7 Å². The van der Waals surface area contributed by atoms with Crippen molar-refractivity contribution in [2.45, 2.75) is 39.7 Å². The third-order valence-corrected chi connectivity index (χ3v) is 6.19. The van der Waals surface area contributed by atoms with Gasteiger partial charge >= 0.3 is 0 Å². The summed E-state index contributed by atoms with van der Waals surface area (Å²) in [5, 5.41) is 6.87. The van der Waals surface area contributed by atoms with Crippen molar-refractivity contribution >= 4 is 28.8 Å². The van der Waals surface area contributed by atoms with Crippen molar-refractivity contribution in [1.29, 1.82) is 0 Å². The second-order valence-electron chi connectivity index (χ2n) is 7.31. The summed E-state index contributed by atoms with van der Waals surface area (Å²) in [6.07, 6.45) is 0.354. The molecule has 8 heteroatoms. The summed E-state index contributed by atoms with van der Waals surface area (Å²) in [4.78, 5) is 31.8. The van der Waals surface area contributed by atoms with Crippen LogP contribution in [0.15, 0.2) is 34.9 Å². The number of carbonyl (C=O) groups excluding carboxylic acids is 2. The van der Waals surface area contributed by atoms with Crippen LogP contribution in [0, 0.1) is 13.8 Å². The maximum Gasteiger partial charge on any atom is 0.232 e. The van der Waals surface area contributed by atoms with Crippen molar-refractivity contribution in [1.82, 2.24) is 15.5 Å². The lowest BCUT2D eigenvalue weighted by molar-refractivity contribution is -0.119. The minimum atomic E-state index is -0.121. The molecule has 1 atom stereocenters. The summed E-state index contributed by atoms with van der Waals surface area (Å²) in [5.41, 5.74) is 3.26. The van der Waals surface area contributed by atoms with Crippen molar-refractivity contribution in [3.63, 3.8) is 0 Å². The van der Waals surface area contributed by atoms with Crippen LogP contribution >= 0.6 is 11.3 Å². The molecule has 2 aromatic heterocycles. The molecule has 0 aliphatic carbocycles. The number of benzene rings is 1. The summed E-state index contributed by atoms with van der Waals surface area (Å²) < 4.78 is 5.48. The maximum atomic E-state index is 12.6. The molecule has 1 aliphatic rings. The average Bonchev–Trinajstić information content (AvgIpc) is 3.41. The first kappa shape index (κ1) is 19.3. The Hall–Kier alpha value is -3.00. The molecular weight excluding hydrogens is 388 g/mol. The fourth-order valence-electron chi connectivity index (χ4n) is 3.32. The number of hydrogen-bond acceptors (Lipinski definition) is 6. The Morgan fingerprint density at radius 3 is 2.86 bits per heavy atom. The Kier molecular flexibility index (Phi) is 5.19. The SMILES string of the molecule is CC(=O)NCc1ccc(-c2noc([C@@H]3CC(=O)N(c4ccc(C)c(C)c4)C3)n2)s1. The molecule has 29 heavy (non-hydrogen) atoms. The van der Waals surface area contributed by atoms with Gasteiger partial charge in [-0.3, -0.25) is 9.59 Å². The zero-order chi connectivity index (χ0) is 20.5. The van der Waals surface area contributed by atoms with Gasteiger partial charge in [-0.25, -0.2) is 0 Å². The Morgan fingerprint density at radius 1 is 1.28 bits per heavy atom. The zero-order valence-electron chi connectivity index (χ0n) is 16.6. The molecule has 3 aromatic rings. The van der Waals surface area contributed by atoms with Crippen molar-refractivity contribution in [3.05, 3.63) is 52.2 Å². The number of aromatic nitrogens is 2. The average molecular weight is 410 g/mol. The molecule has 2 amide bonds. The van der Waals surface area contributed by atoms with Crippen LogP contribution in [0.3, 0.4) is 0 Å². The molecule has 0 saturated carbocycles. The molecule has 3 heterocycles. The van der Waals surface area contributed by atoms with Crippen LogP contribution < -0.4 is 10.2 Å². The van der Waals surface area contributed by atoms with E-state index in [0.717, 1.165) is 21.0 Å². The first-order chi connectivity index (χ1) is 13.9. The number of thiophene rings is 1. The summed E-state index contributed by atoms with van der Waals surface area (Å²) in [5.74, 6) is 0.865. The van der Waals surface area contributed by atoms with E-state index in [-0.39, 0.29) is 17.7 Å². The van der Waals surface area contributed by atoms with E-state index in [1.807, 2.05) is 37.3 Å². The molecule has 0 radical (unpaired) electrons. The third-order valence-electron chi connectivity index (χ3n) is 5.11. The Labute approximate surface area is 172 Å². The zero-order valence-corrected chi connectivity index (χ0v) is 17.4. The Bertz CT molecular complexity index is 1070. The van der Waals surface area contributed by atoms with E-state index in [9.17, 15) is 9.59 Å². The van der Waals surface area contributed by atoms with Crippen LogP contribution in [0.2, 0.25) is 0 Å². The van der Waals surface area contributed by atoms with Crippen LogP contribution in [-0.4, -0.2) is 28.5 Å². The molecule has 1 aromatic carbocycles. The van der Waals surface area contributed by atoms with Gasteiger partial charge in [0.15, 0.2) is 0 Å².